The van der Waals surface area contributed by atoms with Crippen molar-refractivity contribution in [3.8, 4) is 0 Å². The molecule has 0 bridgehead atoms. The molecule has 1 aromatic rings. The van der Waals surface area contributed by atoms with E-state index in [1.54, 1.807) is 0 Å². The molecular formula is C14H18O2. The van der Waals surface area contributed by atoms with E-state index in [0.717, 1.165) is 18.4 Å². The fraction of sp³-hybridized carbons (Fsp3) is 0.500. The van der Waals surface area contributed by atoms with E-state index in [2.05, 4.69) is 0 Å². The molecule has 0 radical (unpaired) electrons. The normalized spacial score (nSPS) is 17.0. The maximum Gasteiger partial charge on any atom is 0.310 e. The van der Waals surface area contributed by atoms with Crippen molar-refractivity contribution < 1.29 is 9.53 Å². The smallest absolute Gasteiger partial charge is 0.310 e. The summed E-state index contributed by atoms with van der Waals surface area (Å²) in [6.45, 7) is 0. The number of esters is 1. The van der Waals surface area contributed by atoms with E-state index in [1.807, 2.05) is 30.3 Å². The third-order valence-corrected chi connectivity index (χ3v) is 3.04. The van der Waals surface area contributed by atoms with Gasteiger partial charge >= 0.3 is 5.97 Å². The molecule has 86 valence electrons. The summed E-state index contributed by atoms with van der Waals surface area (Å²) in [5, 5.41) is 0. The van der Waals surface area contributed by atoms with E-state index in [1.165, 1.54) is 19.3 Å². The Hall–Kier alpha value is -1.31. The molecule has 1 aliphatic carbocycles. The van der Waals surface area contributed by atoms with Crippen LogP contribution in [0.4, 0.5) is 0 Å². The molecule has 0 N–H and O–H groups in total. The van der Waals surface area contributed by atoms with Gasteiger partial charge in [0, 0.05) is 0 Å². The van der Waals surface area contributed by atoms with Gasteiger partial charge < -0.3 is 4.74 Å². The van der Waals surface area contributed by atoms with Gasteiger partial charge in [-0.05, 0) is 31.2 Å². The molecular weight excluding hydrogens is 200 g/mol. The Balaban J connectivity index is 1.80. The van der Waals surface area contributed by atoms with Crippen LogP contribution in [0.25, 0.3) is 0 Å². The Bertz CT molecular complexity index is 326. The summed E-state index contributed by atoms with van der Waals surface area (Å²) in [5.74, 6) is -0.0851. The summed E-state index contributed by atoms with van der Waals surface area (Å²) in [6, 6.07) is 9.77. The highest BCUT2D eigenvalue weighted by molar-refractivity contribution is 5.72. The lowest BCUT2D eigenvalue weighted by Crippen LogP contribution is -2.21. The minimum atomic E-state index is -0.0851. The summed E-state index contributed by atoms with van der Waals surface area (Å²) in [4.78, 5) is 11.7. The van der Waals surface area contributed by atoms with Gasteiger partial charge in [0.2, 0.25) is 0 Å². The molecule has 0 aromatic heterocycles. The van der Waals surface area contributed by atoms with Crippen LogP contribution in [0.5, 0.6) is 0 Å². The maximum absolute atomic E-state index is 11.7. The highest BCUT2D eigenvalue weighted by Gasteiger charge is 2.17. The van der Waals surface area contributed by atoms with Gasteiger partial charge in [0.25, 0.3) is 0 Å². The number of carbonyl (C=O) groups excluding carboxylic acids is 1. The lowest BCUT2D eigenvalue weighted by Gasteiger charge is -2.21. The van der Waals surface area contributed by atoms with E-state index in [9.17, 15) is 4.79 Å². The van der Waals surface area contributed by atoms with Gasteiger partial charge in [-0.1, -0.05) is 36.8 Å². The first-order valence-corrected chi connectivity index (χ1v) is 6.08. The van der Waals surface area contributed by atoms with Gasteiger partial charge in [-0.15, -0.1) is 0 Å². The van der Waals surface area contributed by atoms with Crippen LogP contribution >= 0.6 is 0 Å². The van der Waals surface area contributed by atoms with Crippen LogP contribution in [0.2, 0.25) is 0 Å². The van der Waals surface area contributed by atoms with Crippen LogP contribution in [0.3, 0.4) is 0 Å². The molecule has 0 saturated heterocycles. The van der Waals surface area contributed by atoms with Gasteiger partial charge in [-0.25, -0.2) is 0 Å². The van der Waals surface area contributed by atoms with Gasteiger partial charge in [0.05, 0.1) is 6.42 Å². The summed E-state index contributed by atoms with van der Waals surface area (Å²) in [7, 11) is 0. The van der Waals surface area contributed by atoms with Crippen LogP contribution in [0.1, 0.15) is 37.7 Å². The first kappa shape index (κ1) is 11.2. The third kappa shape index (κ3) is 3.37. The monoisotopic (exact) mass is 218 g/mol. The Morgan fingerprint density at radius 1 is 1.12 bits per heavy atom. The topological polar surface area (TPSA) is 26.3 Å². The second kappa shape index (κ2) is 5.69. The quantitative estimate of drug-likeness (QED) is 0.729. The van der Waals surface area contributed by atoms with Crippen molar-refractivity contribution in [1.29, 1.82) is 0 Å². The summed E-state index contributed by atoms with van der Waals surface area (Å²) in [6.07, 6.45) is 6.34. The Labute approximate surface area is 96.6 Å². The second-order valence-electron chi connectivity index (χ2n) is 4.41. The van der Waals surface area contributed by atoms with Crippen molar-refractivity contribution in [2.75, 3.05) is 0 Å². The lowest BCUT2D eigenvalue weighted by molar-refractivity contribution is -0.149. The third-order valence-electron chi connectivity index (χ3n) is 3.04. The van der Waals surface area contributed by atoms with Crippen molar-refractivity contribution in [3.05, 3.63) is 35.9 Å². The fourth-order valence-corrected chi connectivity index (χ4v) is 2.17. The summed E-state index contributed by atoms with van der Waals surface area (Å²) < 4.78 is 5.46. The molecule has 2 heteroatoms. The molecule has 1 aromatic carbocycles. The molecule has 2 nitrogen and oxygen atoms in total. The van der Waals surface area contributed by atoms with E-state index in [-0.39, 0.29) is 12.1 Å². The number of ether oxygens (including phenoxy) is 1. The molecule has 0 spiro atoms. The summed E-state index contributed by atoms with van der Waals surface area (Å²) >= 11 is 0. The number of carbonyl (C=O) groups is 1. The highest BCUT2D eigenvalue weighted by atomic mass is 16.5. The van der Waals surface area contributed by atoms with Crippen LogP contribution in [0.15, 0.2) is 30.3 Å². The fourth-order valence-electron chi connectivity index (χ4n) is 2.17. The Morgan fingerprint density at radius 3 is 2.50 bits per heavy atom. The first-order valence-electron chi connectivity index (χ1n) is 6.08. The zero-order chi connectivity index (χ0) is 11.2. The van der Waals surface area contributed by atoms with Crippen molar-refractivity contribution >= 4 is 5.97 Å². The average Bonchev–Trinajstić information content (AvgIpc) is 2.31. The van der Waals surface area contributed by atoms with E-state index >= 15 is 0 Å². The molecule has 0 unspecified atom stereocenters. The number of benzene rings is 1. The Kier molecular flexibility index (Phi) is 3.97. The molecule has 1 fully saturated rings. The van der Waals surface area contributed by atoms with Crippen molar-refractivity contribution in [2.24, 2.45) is 0 Å². The minimum Gasteiger partial charge on any atom is -0.462 e. The molecule has 0 atom stereocenters. The average molecular weight is 218 g/mol. The standard InChI is InChI=1S/C14H18O2/c15-14(11-12-7-3-1-4-8-12)16-13-9-5-2-6-10-13/h1,3-4,7-8,13H,2,5-6,9-11H2. The van der Waals surface area contributed by atoms with E-state index < -0.39 is 0 Å². The van der Waals surface area contributed by atoms with Crippen LogP contribution in [0, 0.1) is 0 Å². The molecule has 1 aliphatic rings. The zero-order valence-electron chi connectivity index (χ0n) is 9.52. The SMILES string of the molecule is O=C(Cc1ccccc1)OC1CCCCC1. The number of hydrogen-bond donors (Lipinski definition) is 0. The largest absolute Gasteiger partial charge is 0.462 e. The van der Waals surface area contributed by atoms with Crippen molar-refractivity contribution in [3.63, 3.8) is 0 Å². The van der Waals surface area contributed by atoms with Crippen molar-refractivity contribution in [2.45, 2.75) is 44.6 Å². The maximum atomic E-state index is 11.7. The molecule has 16 heavy (non-hydrogen) atoms. The van der Waals surface area contributed by atoms with Gasteiger partial charge in [-0.3, -0.25) is 4.79 Å². The highest BCUT2D eigenvalue weighted by Crippen LogP contribution is 2.20. The molecule has 0 heterocycles. The molecule has 0 amide bonds. The van der Waals surface area contributed by atoms with Gasteiger partial charge in [0.1, 0.15) is 6.10 Å². The second-order valence-corrected chi connectivity index (χ2v) is 4.41. The lowest BCUT2D eigenvalue weighted by atomic mass is 9.98. The molecule has 0 aliphatic heterocycles. The Morgan fingerprint density at radius 2 is 1.81 bits per heavy atom. The predicted octanol–water partition coefficient (Wildman–Crippen LogP) is 3.11. The van der Waals surface area contributed by atoms with Gasteiger partial charge in [0.15, 0.2) is 0 Å². The van der Waals surface area contributed by atoms with Crippen LogP contribution < -0.4 is 0 Å². The molecule has 2 rings (SSSR count). The minimum absolute atomic E-state index is 0.0851. The number of rotatable bonds is 3. The van der Waals surface area contributed by atoms with Crippen molar-refractivity contribution in [1.82, 2.24) is 0 Å². The van der Waals surface area contributed by atoms with Crippen LogP contribution in [-0.4, -0.2) is 12.1 Å². The number of hydrogen-bond acceptors (Lipinski definition) is 2. The first-order chi connectivity index (χ1) is 7.84. The zero-order valence-corrected chi connectivity index (χ0v) is 9.52. The van der Waals surface area contributed by atoms with Gasteiger partial charge in [-0.2, -0.15) is 0 Å². The van der Waals surface area contributed by atoms with Crippen LogP contribution in [-0.2, 0) is 16.0 Å². The summed E-state index contributed by atoms with van der Waals surface area (Å²) in [5.41, 5.74) is 1.03. The van der Waals surface area contributed by atoms with E-state index in [0.29, 0.717) is 6.42 Å². The molecule has 1 saturated carbocycles. The predicted molar refractivity (Wildman–Crippen MR) is 63.1 cm³/mol. The van der Waals surface area contributed by atoms with E-state index in [4.69, 9.17) is 4.74 Å².